The van der Waals surface area contributed by atoms with Crippen LogP contribution in [0.4, 0.5) is 0 Å². The molecule has 0 unspecified atom stereocenters. The third-order valence-corrected chi connectivity index (χ3v) is 4.84. The summed E-state index contributed by atoms with van der Waals surface area (Å²) < 4.78 is 1.98. The van der Waals surface area contributed by atoms with E-state index < -0.39 is 0 Å². The summed E-state index contributed by atoms with van der Waals surface area (Å²) in [6.07, 6.45) is 6.24. The van der Waals surface area contributed by atoms with Gasteiger partial charge in [0, 0.05) is 36.1 Å². The van der Waals surface area contributed by atoms with Gasteiger partial charge in [0.1, 0.15) is 5.69 Å². The summed E-state index contributed by atoms with van der Waals surface area (Å²) in [6.45, 7) is 3.28. The number of thiazole rings is 1. The smallest absolute Gasteiger partial charge is 0.271 e. The van der Waals surface area contributed by atoms with Crippen LogP contribution >= 0.6 is 22.9 Å². The fourth-order valence-corrected chi connectivity index (χ4v) is 3.62. The van der Waals surface area contributed by atoms with Crippen molar-refractivity contribution >= 4 is 28.8 Å². The van der Waals surface area contributed by atoms with Crippen LogP contribution in [0.5, 0.6) is 0 Å². The lowest BCUT2D eigenvalue weighted by Gasteiger charge is -2.07. The standard InChI is InChI=1S/C17H17ClN4OS/c1-12-21-15(16(24-12)13-5-2-3-6-14(13)18)17(23)20-7-4-9-22-10-8-19-11-22/h2-3,5-6,8,10-11H,4,7,9H2,1H3,(H,20,23). The molecule has 0 aliphatic rings. The SMILES string of the molecule is Cc1nc(C(=O)NCCCn2ccnc2)c(-c2ccccc2Cl)s1. The lowest BCUT2D eigenvalue weighted by Crippen LogP contribution is -2.26. The topological polar surface area (TPSA) is 59.8 Å². The molecule has 3 rings (SSSR count). The van der Waals surface area contributed by atoms with Crippen LogP contribution in [0.1, 0.15) is 21.9 Å². The van der Waals surface area contributed by atoms with Crippen LogP contribution in [0.2, 0.25) is 5.02 Å². The van der Waals surface area contributed by atoms with Gasteiger partial charge in [-0.25, -0.2) is 9.97 Å². The number of rotatable bonds is 6. The maximum absolute atomic E-state index is 12.5. The van der Waals surface area contributed by atoms with Crippen LogP contribution < -0.4 is 5.32 Å². The summed E-state index contributed by atoms with van der Waals surface area (Å²) in [5, 5.41) is 4.39. The molecule has 24 heavy (non-hydrogen) atoms. The van der Waals surface area contributed by atoms with E-state index in [4.69, 9.17) is 11.6 Å². The molecule has 0 atom stereocenters. The van der Waals surface area contributed by atoms with Gasteiger partial charge in [-0.15, -0.1) is 11.3 Å². The third-order valence-electron chi connectivity index (χ3n) is 3.51. The Labute approximate surface area is 149 Å². The molecule has 0 aliphatic carbocycles. The first kappa shape index (κ1) is 16.7. The first-order chi connectivity index (χ1) is 11.6. The first-order valence-electron chi connectivity index (χ1n) is 7.61. The van der Waals surface area contributed by atoms with Gasteiger partial charge >= 0.3 is 0 Å². The number of nitrogens with zero attached hydrogens (tertiary/aromatic N) is 3. The zero-order valence-electron chi connectivity index (χ0n) is 13.2. The van der Waals surface area contributed by atoms with Crippen molar-refractivity contribution in [2.45, 2.75) is 19.9 Å². The molecule has 1 aromatic carbocycles. The van der Waals surface area contributed by atoms with Crippen molar-refractivity contribution in [2.24, 2.45) is 0 Å². The quantitative estimate of drug-likeness (QED) is 0.680. The fraction of sp³-hybridized carbons (Fsp3) is 0.235. The predicted molar refractivity (Wildman–Crippen MR) is 96.5 cm³/mol. The van der Waals surface area contributed by atoms with Crippen LogP contribution in [0, 0.1) is 6.92 Å². The number of hydrogen-bond acceptors (Lipinski definition) is 4. The van der Waals surface area contributed by atoms with Crippen molar-refractivity contribution in [3.05, 3.63) is 58.7 Å². The molecule has 7 heteroatoms. The highest BCUT2D eigenvalue weighted by molar-refractivity contribution is 7.15. The molecule has 1 N–H and O–H groups in total. The number of imidazole rings is 1. The van der Waals surface area contributed by atoms with E-state index >= 15 is 0 Å². The zero-order chi connectivity index (χ0) is 16.9. The number of amides is 1. The fourth-order valence-electron chi connectivity index (χ4n) is 2.38. The van der Waals surface area contributed by atoms with Gasteiger partial charge in [0.15, 0.2) is 0 Å². The van der Waals surface area contributed by atoms with Crippen molar-refractivity contribution in [3.63, 3.8) is 0 Å². The Morgan fingerprint density at radius 1 is 1.38 bits per heavy atom. The van der Waals surface area contributed by atoms with Gasteiger partial charge in [0.25, 0.3) is 5.91 Å². The number of halogens is 1. The Kier molecular flexibility index (Phi) is 5.27. The molecule has 124 valence electrons. The molecular formula is C17H17ClN4OS. The normalized spacial score (nSPS) is 10.8. The molecule has 0 fully saturated rings. The Morgan fingerprint density at radius 2 is 2.21 bits per heavy atom. The monoisotopic (exact) mass is 360 g/mol. The predicted octanol–water partition coefficient (Wildman–Crippen LogP) is 3.79. The summed E-state index contributed by atoms with van der Waals surface area (Å²) >= 11 is 7.75. The molecule has 3 aromatic rings. The van der Waals surface area contributed by atoms with E-state index in [9.17, 15) is 4.79 Å². The second kappa shape index (κ2) is 7.59. The Morgan fingerprint density at radius 3 is 2.96 bits per heavy atom. The summed E-state index contributed by atoms with van der Waals surface area (Å²) in [4.78, 5) is 21.7. The number of aromatic nitrogens is 3. The van der Waals surface area contributed by atoms with Gasteiger partial charge in [-0.3, -0.25) is 4.79 Å². The number of carbonyl (C=O) groups is 1. The van der Waals surface area contributed by atoms with E-state index in [0.717, 1.165) is 28.4 Å². The second-order valence-corrected chi connectivity index (χ2v) is 6.91. The van der Waals surface area contributed by atoms with Gasteiger partial charge < -0.3 is 9.88 Å². The molecule has 2 aromatic heterocycles. The van der Waals surface area contributed by atoms with Gasteiger partial charge in [0.05, 0.1) is 16.2 Å². The number of carbonyl (C=O) groups excluding carboxylic acids is 1. The number of hydrogen-bond donors (Lipinski definition) is 1. The van der Waals surface area contributed by atoms with E-state index in [2.05, 4.69) is 15.3 Å². The molecule has 0 saturated heterocycles. The van der Waals surface area contributed by atoms with E-state index in [1.54, 1.807) is 12.5 Å². The highest BCUT2D eigenvalue weighted by Gasteiger charge is 2.19. The Bertz CT molecular complexity index is 829. The summed E-state index contributed by atoms with van der Waals surface area (Å²) in [5.74, 6) is -0.167. The minimum absolute atomic E-state index is 0.167. The van der Waals surface area contributed by atoms with Crippen LogP contribution in [0.25, 0.3) is 10.4 Å². The molecule has 2 heterocycles. The lowest BCUT2D eigenvalue weighted by molar-refractivity contribution is 0.0949. The van der Waals surface area contributed by atoms with E-state index in [1.165, 1.54) is 11.3 Å². The average Bonchev–Trinajstić information content (AvgIpc) is 3.21. The van der Waals surface area contributed by atoms with Crippen LogP contribution in [0.3, 0.4) is 0 Å². The number of aryl methyl sites for hydroxylation is 2. The molecule has 1 amide bonds. The van der Waals surface area contributed by atoms with Crippen LogP contribution in [-0.4, -0.2) is 27.0 Å². The second-order valence-electron chi connectivity index (χ2n) is 5.30. The van der Waals surface area contributed by atoms with Crippen molar-refractivity contribution in [3.8, 4) is 10.4 Å². The number of nitrogens with one attached hydrogen (secondary N) is 1. The van der Waals surface area contributed by atoms with Crippen molar-refractivity contribution in [1.82, 2.24) is 19.9 Å². The maximum Gasteiger partial charge on any atom is 0.271 e. The lowest BCUT2D eigenvalue weighted by atomic mass is 10.1. The highest BCUT2D eigenvalue weighted by Crippen LogP contribution is 2.34. The van der Waals surface area contributed by atoms with Crippen molar-refractivity contribution < 1.29 is 4.79 Å². The van der Waals surface area contributed by atoms with Gasteiger partial charge in [-0.1, -0.05) is 29.8 Å². The molecular weight excluding hydrogens is 344 g/mol. The van der Waals surface area contributed by atoms with Crippen LogP contribution in [0.15, 0.2) is 43.0 Å². The van der Waals surface area contributed by atoms with Crippen molar-refractivity contribution in [1.29, 1.82) is 0 Å². The van der Waals surface area contributed by atoms with E-state index in [0.29, 0.717) is 17.3 Å². The van der Waals surface area contributed by atoms with E-state index in [1.807, 2.05) is 42.0 Å². The van der Waals surface area contributed by atoms with Gasteiger partial charge in [0.2, 0.25) is 0 Å². The Balaban J connectivity index is 1.68. The highest BCUT2D eigenvalue weighted by atomic mass is 35.5. The zero-order valence-corrected chi connectivity index (χ0v) is 14.8. The molecule has 0 saturated carbocycles. The minimum atomic E-state index is -0.167. The maximum atomic E-state index is 12.5. The summed E-state index contributed by atoms with van der Waals surface area (Å²) in [6, 6.07) is 7.50. The molecule has 5 nitrogen and oxygen atoms in total. The average molecular weight is 361 g/mol. The minimum Gasteiger partial charge on any atom is -0.351 e. The first-order valence-corrected chi connectivity index (χ1v) is 8.81. The van der Waals surface area contributed by atoms with E-state index in [-0.39, 0.29) is 5.91 Å². The molecule has 0 radical (unpaired) electrons. The van der Waals surface area contributed by atoms with Gasteiger partial charge in [-0.2, -0.15) is 0 Å². The Hall–Kier alpha value is -2.18. The summed E-state index contributed by atoms with van der Waals surface area (Å²) in [5.41, 5.74) is 1.28. The molecule has 0 aliphatic heterocycles. The molecule has 0 bridgehead atoms. The third kappa shape index (κ3) is 3.83. The molecule has 0 spiro atoms. The van der Waals surface area contributed by atoms with Crippen molar-refractivity contribution in [2.75, 3.05) is 6.54 Å². The number of benzene rings is 1. The van der Waals surface area contributed by atoms with Crippen LogP contribution in [-0.2, 0) is 6.54 Å². The van der Waals surface area contributed by atoms with Gasteiger partial charge in [-0.05, 0) is 19.4 Å². The summed E-state index contributed by atoms with van der Waals surface area (Å²) in [7, 11) is 0. The largest absolute Gasteiger partial charge is 0.351 e.